The number of carbonyl (C=O) groups excluding carboxylic acids is 1. The normalized spacial score (nSPS) is 11.9. The highest BCUT2D eigenvalue weighted by atomic mass is 16.5. The molecule has 0 saturated carbocycles. The molecule has 1 unspecified atom stereocenters. The van der Waals surface area contributed by atoms with E-state index in [1.54, 1.807) is 7.11 Å². The van der Waals surface area contributed by atoms with Crippen molar-refractivity contribution in [3.05, 3.63) is 48.0 Å². The van der Waals surface area contributed by atoms with Crippen LogP contribution in [0.2, 0.25) is 0 Å². The summed E-state index contributed by atoms with van der Waals surface area (Å²) in [5.41, 5.74) is 1.20. The monoisotopic (exact) mass is 329 g/mol. The molecule has 1 aromatic carbocycles. The number of ether oxygens (including phenoxy) is 2. The van der Waals surface area contributed by atoms with Crippen LogP contribution >= 0.6 is 0 Å². The number of nitrogens with one attached hydrogen (secondary N) is 1. The van der Waals surface area contributed by atoms with Crippen molar-refractivity contribution in [2.75, 3.05) is 13.7 Å². The predicted molar refractivity (Wildman–Crippen MR) is 91.2 cm³/mol. The Bertz CT molecular complexity index is 674. The molecule has 0 aliphatic heterocycles. The van der Waals surface area contributed by atoms with E-state index in [2.05, 4.69) is 29.1 Å². The third-order valence-corrected chi connectivity index (χ3v) is 3.40. The number of benzene rings is 1. The quantitative estimate of drug-likeness (QED) is 0.845. The molecule has 0 radical (unpaired) electrons. The minimum atomic E-state index is -0.269. The predicted octanol–water partition coefficient (Wildman–Crippen LogP) is 3.01. The molecule has 1 aromatic heterocycles. The van der Waals surface area contributed by atoms with Gasteiger partial charge in [-0.2, -0.15) is 0 Å². The van der Waals surface area contributed by atoms with Gasteiger partial charge in [0.1, 0.15) is 5.69 Å². The van der Waals surface area contributed by atoms with Crippen molar-refractivity contribution in [3.8, 4) is 11.5 Å². The largest absolute Gasteiger partial charge is 0.493 e. The van der Waals surface area contributed by atoms with Crippen LogP contribution in [0.4, 0.5) is 0 Å². The molecule has 1 amide bonds. The van der Waals surface area contributed by atoms with Crippen molar-refractivity contribution in [1.29, 1.82) is 0 Å². The minimum absolute atomic E-state index is 0.201. The van der Waals surface area contributed by atoms with Gasteiger partial charge in [-0.15, -0.1) is 0 Å². The highest BCUT2D eigenvalue weighted by molar-refractivity contribution is 5.92. The van der Waals surface area contributed by atoms with Crippen LogP contribution in [0.25, 0.3) is 0 Å². The summed E-state index contributed by atoms with van der Waals surface area (Å²) in [6.07, 6.45) is 4.45. The van der Waals surface area contributed by atoms with Gasteiger partial charge in [0, 0.05) is 12.4 Å². The van der Waals surface area contributed by atoms with E-state index in [-0.39, 0.29) is 17.6 Å². The molecule has 128 valence electrons. The number of aromatic nitrogens is 2. The average Bonchev–Trinajstić information content (AvgIpc) is 2.60. The van der Waals surface area contributed by atoms with E-state index in [9.17, 15) is 4.79 Å². The minimum Gasteiger partial charge on any atom is -0.493 e. The van der Waals surface area contributed by atoms with Gasteiger partial charge in [0.15, 0.2) is 11.5 Å². The number of hydrogen-bond donors (Lipinski definition) is 1. The van der Waals surface area contributed by atoms with E-state index in [1.807, 2.05) is 25.1 Å². The number of nitrogens with zero attached hydrogens (tertiary/aromatic N) is 2. The van der Waals surface area contributed by atoms with Crippen molar-refractivity contribution >= 4 is 5.91 Å². The van der Waals surface area contributed by atoms with Crippen LogP contribution in [-0.4, -0.2) is 29.6 Å². The zero-order valence-electron chi connectivity index (χ0n) is 14.4. The first-order valence-corrected chi connectivity index (χ1v) is 7.89. The van der Waals surface area contributed by atoms with Gasteiger partial charge in [-0.05, 0) is 30.5 Å². The van der Waals surface area contributed by atoms with Gasteiger partial charge in [-0.25, -0.2) is 4.98 Å². The van der Waals surface area contributed by atoms with Gasteiger partial charge in [-0.1, -0.05) is 19.9 Å². The van der Waals surface area contributed by atoms with Crippen LogP contribution < -0.4 is 14.8 Å². The second kappa shape index (κ2) is 8.29. The first-order valence-electron chi connectivity index (χ1n) is 7.89. The summed E-state index contributed by atoms with van der Waals surface area (Å²) < 4.78 is 11.1. The molecule has 2 aromatic rings. The zero-order chi connectivity index (χ0) is 17.5. The van der Waals surface area contributed by atoms with E-state index in [0.717, 1.165) is 5.56 Å². The fraction of sp³-hybridized carbons (Fsp3) is 0.389. The molecule has 0 fully saturated rings. The Labute approximate surface area is 142 Å². The first-order chi connectivity index (χ1) is 11.5. The van der Waals surface area contributed by atoms with E-state index in [0.29, 0.717) is 24.0 Å². The van der Waals surface area contributed by atoms with Crippen molar-refractivity contribution in [1.82, 2.24) is 15.3 Å². The molecule has 24 heavy (non-hydrogen) atoms. The fourth-order valence-corrected chi connectivity index (χ4v) is 2.10. The number of hydrogen-bond acceptors (Lipinski definition) is 5. The second-order valence-electron chi connectivity index (χ2n) is 5.90. The topological polar surface area (TPSA) is 73.3 Å². The smallest absolute Gasteiger partial charge is 0.271 e. The lowest BCUT2D eigenvalue weighted by Gasteiger charge is -2.17. The van der Waals surface area contributed by atoms with Gasteiger partial charge < -0.3 is 14.8 Å². The summed E-state index contributed by atoms with van der Waals surface area (Å²) in [6, 6.07) is 5.45. The van der Waals surface area contributed by atoms with Gasteiger partial charge in [0.05, 0.1) is 26.0 Å². The SMILES string of the molecule is COc1cc(C(C)NC(=O)c2cnccn2)ccc1OCC(C)C. The van der Waals surface area contributed by atoms with Gasteiger partial charge in [-0.3, -0.25) is 9.78 Å². The summed E-state index contributed by atoms with van der Waals surface area (Å²) in [4.78, 5) is 20.1. The Morgan fingerprint density at radius 1 is 1.21 bits per heavy atom. The third-order valence-electron chi connectivity index (χ3n) is 3.40. The van der Waals surface area contributed by atoms with Crippen LogP contribution in [0.15, 0.2) is 36.8 Å². The molecule has 0 bridgehead atoms. The molecule has 6 nitrogen and oxygen atoms in total. The van der Waals surface area contributed by atoms with Crippen molar-refractivity contribution in [3.63, 3.8) is 0 Å². The Morgan fingerprint density at radius 2 is 2.00 bits per heavy atom. The highest BCUT2D eigenvalue weighted by Crippen LogP contribution is 2.30. The van der Waals surface area contributed by atoms with Gasteiger partial charge in [0.25, 0.3) is 5.91 Å². The average molecular weight is 329 g/mol. The molecular formula is C18H23N3O3. The molecule has 0 aliphatic carbocycles. The lowest BCUT2D eigenvalue weighted by atomic mass is 10.1. The summed E-state index contributed by atoms with van der Waals surface area (Å²) in [5.74, 6) is 1.51. The van der Waals surface area contributed by atoms with Crippen LogP contribution in [-0.2, 0) is 0 Å². The Balaban J connectivity index is 2.09. The van der Waals surface area contributed by atoms with Gasteiger partial charge in [0.2, 0.25) is 0 Å². The van der Waals surface area contributed by atoms with E-state index >= 15 is 0 Å². The zero-order valence-corrected chi connectivity index (χ0v) is 14.4. The van der Waals surface area contributed by atoms with Crippen LogP contribution in [0, 0.1) is 5.92 Å². The second-order valence-corrected chi connectivity index (χ2v) is 5.90. The molecular weight excluding hydrogens is 306 g/mol. The van der Waals surface area contributed by atoms with Crippen LogP contribution in [0.1, 0.15) is 42.9 Å². The van der Waals surface area contributed by atoms with E-state index < -0.39 is 0 Å². The molecule has 1 heterocycles. The lowest BCUT2D eigenvalue weighted by Crippen LogP contribution is -2.27. The highest BCUT2D eigenvalue weighted by Gasteiger charge is 2.15. The summed E-state index contributed by atoms with van der Waals surface area (Å²) in [6.45, 7) is 6.70. The van der Waals surface area contributed by atoms with Crippen LogP contribution in [0.5, 0.6) is 11.5 Å². The van der Waals surface area contributed by atoms with Crippen LogP contribution in [0.3, 0.4) is 0 Å². The number of methoxy groups -OCH3 is 1. The fourth-order valence-electron chi connectivity index (χ4n) is 2.10. The molecule has 1 N–H and O–H groups in total. The molecule has 0 aliphatic rings. The maximum Gasteiger partial charge on any atom is 0.271 e. The molecule has 1 atom stereocenters. The molecule has 0 spiro atoms. The molecule has 6 heteroatoms. The number of rotatable bonds is 7. The Hall–Kier alpha value is -2.63. The van der Waals surface area contributed by atoms with Crippen molar-refractivity contribution < 1.29 is 14.3 Å². The maximum atomic E-state index is 12.2. The van der Waals surface area contributed by atoms with Crippen molar-refractivity contribution in [2.24, 2.45) is 5.92 Å². The Morgan fingerprint density at radius 3 is 2.62 bits per heavy atom. The third kappa shape index (κ3) is 4.68. The standard InChI is InChI=1S/C18H23N3O3/c1-12(2)11-24-16-6-5-14(9-17(16)23-4)13(3)21-18(22)15-10-19-7-8-20-15/h5-10,12-13H,11H2,1-4H3,(H,21,22). The lowest BCUT2D eigenvalue weighted by molar-refractivity contribution is 0.0934. The summed E-state index contributed by atoms with van der Waals surface area (Å²) in [5, 5.41) is 2.90. The first kappa shape index (κ1) is 17.7. The van der Waals surface area contributed by atoms with Gasteiger partial charge >= 0.3 is 0 Å². The molecule has 2 rings (SSSR count). The van der Waals surface area contributed by atoms with E-state index in [4.69, 9.17) is 9.47 Å². The summed E-state index contributed by atoms with van der Waals surface area (Å²) >= 11 is 0. The van der Waals surface area contributed by atoms with E-state index in [1.165, 1.54) is 18.6 Å². The molecule has 0 saturated heterocycles. The van der Waals surface area contributed by atoms with Crippen molar-refractivity contribution in [2.45, 2.75) is 26.8 Å². The summed E-state index contributed by atoms with van der Waals surface area (Å²) in [7, 11) is 1.60. The number of amides is 1. The maximum absolute atomic E-state index is 12.2. The number of carbonyl (C=O) groups is 1. The Kier molecular flexibility index (Phi) is 6.12.